The van der Waals surface area contributed by atoms with Gasteiger partial charge < -0.3 is 19.7 Å². The second-order valence-electron chi connectivity index (χ2n) is 10.3. The molecule has 42 heavy (non-hydrogen) atoms. The van der Waals surface area contributed by atoms with Crippen LogP contribution in [0.4, 0.5) is 10.1 Å². The molecular formula is C31H38FN3O6S. The van der Waals surface area contributed by atoms with E-state index in [4.69, 9.17) is 9.47 Å². The molecule has 9 nitrogen and oxygen atoms in total. The Morgan fingerprint density at radius 3 is 2.17 bits per heavy atom. The molecule has 0 aliphatic heterocycles. The van der Waals surface area contributed by atoms with Crippen LogP contribution in [0.1, 0.15) is 25.0 Å². The van der Waals surface area contributed by atoms with Crippen LogP contribution in [0.25, 0.3) is 0 Å². The number of sulfonamides is 1. The summed E-state index contributed by atoms with van der Waals surface area (Å²) in [5, 5.41) is 2.92. The number of hydrogen-bond donors (Lipinski definition) is 1. The van der Waals surface area contributed by atoms with Gasteiger partial charge in [-0.05, 0) is 41.3 Å². The molecule has 0 saturated heterocycles. The zero-order chi connectivity index (χ0) is 30.9. The van der Waals surface area contributed by atoms with Gasteiger partial charge in [0.05, 0.1) is 26.2 Å². The first kappa shape index (κ1) is 32.4. The Bertz CT molecular complexity index is 1450. The lowest BCUT2D eigenvalue weighted by atomic mass is 10.0. The smallest absolute Gasteiger partial charge is 0.244 e. The molecule has 1 N–H and O–H groups in total. The molecule has 0 fully saturated rings. The molecule has 1 atom stereocenters. The third-order valence-electron chi connectivity index (χ3n) is 6.56. The molecule has 0 saturated carbocycles. The highest BCUT2D eigenvalue weighted by Gasteiger charge is 2.33. The Labute approximate surface area is 247 Å². The average molecular weight is 600 g/mol. The number of rotatable bonds is 14. The number of carbonyl (C=O) groups excluding carboxylic acids is 2. The molecule has 0 bridgehead atoms. The Kier molecular flexibility index (Phi) is 11.3. The Balaban J connectivity index is 2.08. The van der Waals surface area contributed by atoms with E-state index in [0.29, 0.717) is 17.9 Å². The molecule has 3 aromatic carbocycles. The van der Waals surface area contributed by atoms with Gasteiger partial charge in [0.25, 0.3) is 0 Å². The topological polar surface area (TPSA) is 105 Å². The van der Waals surface area contributed by atoms with Crippen molar-refractivity contribution in [1.82, 2.24) is 10.2 Å². The zero-order valence-corrected chi connectivity index (χ0v) is 25.4. The Morgan fingerprint density at radius 2 is 1.60 bits per heavy atom. The molecule has 0 aliphatic rings. The van der Waals surface area contributed by atoms with Crippen LogP contribution in [-0.2, 0) is 32.6 Å². The fraction of sp³-hybridized carbons (Fsp3) is 0.355. The van der Waals surface area contributed by atoms with Crippen LogP contribution in [-0.4, -0.2) is 64.7 Å². The highest BCUT2D eigenvalue weighted by Crippen LogP contribution is 2.33. The fourth-order valence-corrected chi connectivity index (χ4v) is 5.20. The van der Waals surface area contributed by atoms with Gasteiger partial charge in [-0.25, -0.2) is 12.8 Å². The quantitative estimate of drug-likeness (QED) is 0.300. The summed E-state index contributed by atoms with van der Waals surface area (Å²) < 4.78 is 51.4. The molecule has 0 radical (unpaired) electrons. The predicted molar refractivity (Wildman–Crippen MR) is 160 cm³/mol. The van der Waals surface area contributed by atoms with Gasteiger partial charge in [-0.1, -0.05) is 56.3 Å². The number of halogens is 1. The zero-order valence-electron chi connectivity index (χ0n) is 24.5. The minimum atomic E-state index is -3.99. The first-order chi connectivity index (χ1) is 19.9. The van der Waals surface area contributed by atoms with Gasteiger partial charge in [-0.3, -0.25) is 13.9 Å². The highest BCUT2D eigenvalue weighted by atomic mass is 32.2. The highest BCUT2D eigenvalue weighted by molar-refractivity contribution is 7.92. The second-order valence-corrected chi connectivity index (χ2v) is 12.2. The van der Waals surface area contributed by atoms with Gasteiger partial charge in [0.15, 0.2) is 0 Å². The molecule has 1 unspecified atom stereocenters. The van der Waals surface area contributed by atoms with Crippen LogP contribution >= 0.6 is 0 Å². The minimum Gasteiger partial charge on any atom is -0.497 e. The molecule has 226 valence electrons. The summed E-state index contributed by atoms with van der Waals surface area (Å²) in [6.07, 6.45) is 1.17. The number of ether oxygens (including phenoxy) is 2. The fourth-order valence-electron chi connectivity index (χ4n) is 4.35. The summed E-state index contributed by atoms with van der Waals surface area (Å²) in [6.45, 7) is 3.65. The van der Waals surface area contributed by atoms with Crippen molar-refractivity contribution in [3.63, 3.8) is 0 Å². The molecule has 0 aliphatic carbocycles. The summed E-state index contributed by atoms with van der Waals surface area (Å²) in [7, 11) is -1.13. The van der Waals surface area contributed by atoms with Crippen molar-refractivity contribution < 1.29 is 31.9 Å². The van der Waals surface area contributed by atoms with E-state index in [0.717, 1.165) is 16.1 Å². The summed E-state index contributed by atoms with van der Waals surface area (Å²) in [5.41, 5.74) is 1.53. The SMILES string of the molecule is COc1ccc(N(CC(=O)N(Cc2ccc(F)cc2)C(Cc2ccccc2)C(=O)NCC(C)C)S(C)(=O)=O)c(OC)c1. The molecule has 3 rings (SSSR count). The number of benzene rings is 3. The van der Waals surface area contributed by atoms with Crippen LogP contribution in [0.3, 0.4) is 0 Å². The lowest BCUT2D eigenvalue weighted by Crippen LogP contribution is -2.53. The van der Waals surface area contributed by atoms with E-state index in [1.165, 1.54) is 55.5 Å². The van der Waals surface area contributed by atoms with Crippen molar-refractivity contribution in [1.29, 1.82) is 0 Å². The van der Waals surface area contributed by atoms with Crippen molar-refractivity contribution in [3.8, 4) is 11.5 Å². The van der Waals surface area contributed by atoms with Crippen LogP contribution in [0, 0.1) is 11.7 Å². The summed E-state index contributed by atoms with van der Waals surface area (Å²) in [6, 6.07) is 18.4. The Morgan fingerprint density at radius 1 is 0.929 bits per heavy atom. The van der Waals surface area contributed by atoms with Crippen LogP contribution < -0.4 is 19.1 Å². The van der Waals surface area contributed by atoms with Gasteiger partial charge in [0.1, 0.15) is 29.9 Å². The largest absolute Gasteiger partial charge is 0.497 e. The second kappa shape index (κ2) is 14.7. The number of carbonyl (C=O) groups is 2. The molecule has 0 spiro atoms. The summed E-state index contributed by atoms with van der Waals surface area (Å²) >= 11 is 0. The van der Waals surface area contributed by atoms with Gasteiger partial charge >= 0.3 is 0 Å². The molecule has 0 heterocycles. The summed E-state index contributed by atoms with van der Waals surface area (Å²) in [4.78, 5) is 29.1. The molecule has 11 heteroatoms. The van der Waals surface area contributed by atoms with Gasteiger partial charge in [-0.15, -0.1) is 0 Å². The maximum absolute atomic E-state index is 14.1. The van der Waals surface area contributed by atoms with Crippen molar-refractivity contribution in [3.05, 3.63) is 89.7 Å². The van der Waals surface area contributed by atoms with E-state index in [9.17, 15) is 22.4 Å². The van der Waals surface area contributed by atoms with E-state index in [-0.39, 0.29) is 36.2 Å². The van der Waals surface area contributed by atoms with Crippen LogP contribution in [0.5, 0.6) is 11.5 Å². The van der Waals surface area contributed by atoms with Crippen LogP contribution in [0.2, 0.25) is 0 Å². The normalized spacial score (nSPS) is 12.0. The monoisotopic (exact) mass is 599 g/mol. The number of nitrogens with one attached hydrogen (secondary N) is 1. The maximum Gasteiger partial charge on any atom is 0.244 e. The predicted octanol–water partition coefficient (Wildman–Crippen LogP) is 4.02. The Hall–Kier alpha value is -4.12. The van der Waals surface area contributed by atoms with E-state index < -0.39 is 34.3 Å². The molecule has 2 amide bonds. The number of amides is 2. The first-order valence-corrected chi connectivity index (χ1v) is 15.3. The number of methoxy groups -OCH3 is 2. The van der Waals surface area contributed by atoms with Crippen molar-refractivity contribution in [2.45, 2.75) is 32.9 Å². The van der Waals surface area contributed by atoms with Gasteiger partial charge in [0.2, 0.25) is 21.8 Å². The maximum atomic E-state index is 14.1. The van der Waals surface area contributed by atoms with Crippen molar-refractivity contribution in [2.24, 2.45) is 5.92 Å². The lowest BCUT2D eigenvalue weighted by molar-refractivity contribution is -0.140. The average Bonchev–Trinajstić information content (AvgIpc) is 2.96. The first-order valence-electron chi connectivity index (χ1n) is 13.5. The van der Waals surface area contributed by atoms with Crippen molar-refractivity contribution in [2.75, 3.05) is 37.9 Å². The molecule has 3 aromatic rings. The lowest BCUT2D eigenvalue weighted by Gasteiger charge is -2.34. The number of nitrogens with zero attached hydrogens (tertiary/aromatic N) is 2. The molecule has 0 aromatic heterocycles. The standard InChI is InChI=1S/C31H38FN3O6S/c1-22(2)19-33-31(37)28(17-23-9-7-6-8-10-23)34(20-24-11-13-25(32)14-12-24)30(36)21-35(42(5,38)39)27-16-15-26(40-3)18-29(27)41-4/h6-16,18,22,28H,17,19-21H2,1-5H3,(H,33,37). The van der Waals surface area contributed by atoms with E-state index in [1.54, 1.807) is 6.07 Å². The van der Waals surface area contributed by atoms with Gasteiger partial charge in [0, 0.05) is 25.6 Å². The van der Waals surface area contributed by atoms with E-state index in [2.05, 4.69) is 5.32 Å². The van der Waals surface area contributed by atoms with E-state index in [1.807, 2.05) is 44.2 Å². The number of anilines is 1. The minimum absolute atomic E-state index is 0.0525. The third-order valence-corrected chi connectivity index (χ3v) is 7.68. The van der Waals surface area contributed by atoms with Crippen LogP contribution in [0.15, 0.2) is 72.8 Å². The summed E-state index contributed by atoms with van der Waals surface area (Å²) in [5.74, 6) is -0.650. The van der Waals surface area contributed by atoms with Gasteiger partial charge in [-0.2, -0.15) is 0 Å². The van der Waals surface area contributed by atoms with E-state index >= 15 is 0 Å². The molecular weight excluding hydrogens is 561 g/mol. The third kappa shape index (κ3) is 8.94. The number of hydrogen-bond acceptors (Lipinski definition) is 6. The van der Waals surface area contributed by atoms with Crippen molar-refractivity contribution >= 4 is 27.5 Å².